The first-order chi connectivity index (χ1) is 11.0. The summed E-state index contributed by atoms with van der Waals surface area (Å²) in [5.74, 6) is -0.475. The molecular formula is C18H14ClNO3. The molecule has 0 bridgehead atoms. The summed E-state index contributed by atoms with van der Waals surface area (Å²) in [6.45, 7) is 1.83. The Hall–Kier alpha value is -2.59. The summed E-state index contributed by atoms with van der Waals surface area (Å²) in [4.78, 5) is 24.4. The molecule has 0 fully saturated rings. The Morgan fingerprint density at radius 2 is 1.91 bits per heavy atom. The highest BCUT2D eigenvalue weighted by molar-refractivity contribution is 6.30. The normalized spacial score (nSPS) is 12.1. The molecule has 116 valence electrons. The van der Waals surface area contributed by atoms with Gasteiger partial charge < -0.3 is 9.73 Å². The van der Waals surface area contributed by atoms with Gasteiger partial charge in [-0.15, -0.1) is 0 Å². The molecule has 1 unspecified atom stereocenters. The highest BCUT2D eigenvalue weighted by Gasteiger charge is 2.16. The molecule has 0 aliphatic rings. The van der Waals surface area contributed by atoms with Gasteiger partial charge in [0.2, 0.25) is 0 Å². The van der Waals surface area contributed by atoms with Gasteiger partial charge in [-0.25, -0.2) is 4.79 Å². The van der Waals surface area contributed by atoms with Crippen molar-refractivity contribution in [2.75, 3.05) is 0 Å². The molecule has 0 radical (unpaired) electrons. The fourth-order valence-corrected chi connectivity index (χ4v) is 2.55. The van der Waals surface area contributed by atoms with Gasteiger partial charge in [0.15, 0.2) is 0 Å². The van der Waals surface area contributed by atoms with Crippen molar-refractivity contribution in [1.29, 1.82) is 0 Å². The fraction of sp³-hybridized carbons (Fsp3) is 0.111. The van der Waals surface area contributed by atoms with E-state index in [1.807, 2.05) is 25.1 Å². The standard InChI is InChI=1S/C18H14ClNO3/c1-11(12-6-4-7-14(19)9-12)20-17(21)15-10-13-5-2-3-8-16(13)23-18(15)22/h2-11H,1H3,(H,20,21). The third-order valence-corrected chi connectivity index (χ3v) is 3.82. The molecule has 3 rings (SSSR count). The molecule has 1 heterocycles. The van der Waals surface area contributed by atoms with Gasteiger partial charge in [0.1, 0.15) is 11.1 Å². The van der Waals surface area contributed by atoms with E-state index in [0.29, 0.717) is 16.0 Å². The Morgan fingerprint density at radius 1 is 1.13 bits per heavy atom. The molecule has 3 aromatic rings. The lowest BCUT2D eigenvalue weighted by Gasteiger charge is -2.14. The first-order valence-corrected chi connectivity index (χ1v) is 7.51. The third-order valence-electron chi connectivity index (χ3n) is 3.58. The lowest BCUT2D eigenvalue weighted by Crippen LogP contribution is -2.30. The van der Waals surface area contributed by atoms with Crippen LogP contribution in [0, 0.1) is 0 Å². The quantitative estimate of drug-likeness (QED) is 0.741. The Balaban J connectivity index is 1.88. The number of nitrogens with one attached hydrogen (secondary N) is 1. The molecule has 0 spiro atoms. The van der Waals surface area contributed by atoms with Crippen molar-refractivity contribution in [1.82, 2.24) is 5.32 Å². The maximum Gasteiger partial charge on any atom is 0.349 e. The average molecular weight is 328 g/mol. The maximum absolute atomic E-state index is 12.4. The van der Waals surface area contributed by atoms with Crippen molar-refractivity contribution in [3.63, 3.8) is 0 Å². The number of carbonyl (C=O) groups excluding carboxylic acids is 1. The maximum atomic E-state index is 12.4. The monoisotopic (exact) mass is 327 g/mol. The van der Waals surface area contributed by atoms with Crippen molar-refractivity contribution in [3.05, 3.63) is 81.2 Å². The second-order valence-corrected chi connectivity index (χ2v) is 5.67. The molecule has 2 aromatic carbocycles. The van der Waals surface area contributed by atoms with Crippen LogP contribution in [0.3, 0.4) is 0 Å². The van der Waals surface area contributed by atoms with Crippen molar-refractivity contribution < 1.29 is 9.21 Å². The highest BCUT2D eigenvalue weighted by atomic mass is 35.5. The van der Waals surface area contributed by atoms with Gasteiger partial charge in [-0.2, -0.15) is 0 Å². The van der Waals surface area contributed by atoms with E-state index in [9.17, 15) is 9.59 Å². The van der Waals surface area contributed by atoms with Crippen molar-refractivity contribution in [3.8, 4) is 0 Å². The number of hydrogen-bond donors (Lipinski definition) is 1. The number of hydrogen-bond acceptors (Lipinski definition) is 3. The van der Waals surface area contributed by atoms with Crippen molar-refractivity contribution in [2.45, 2.75) is 13.0 Å². The van der Waals surface area contributed by atoms with Gasteiger partial charge in [-0.05, 0) is 36.8 Å². The van der Waals surface area contributed by atoms with Crippen molar-refractivity contribution >= 4 is 28.5 Å². The van der Waals surface area contributed by atoms with E-state index >= 15 is 0 Å². The Kier molecular flexibility index (Phi) is 4.17. The van der Waals surface area contributed by atoms with E-state index in [-0.39, 0.29) is 11.6 Å². The zero-order valence-electron chi connectivity index (χ0n) is 12.4. The van der Waals surface area contributed by atoms with Crippen LogP contribution in [0.1, 0.15) is 28.9 Å². The van der Waals surface area contributed by atoms with Gasteiger partial charge in [-0.3, -0.25) is 4.79 Å². The van der Waals surface area contributed by atoms with Gasteiger partial charge in [0.25, 0.3) is 5.91 Å². The minimum absolute atomic E-state index is 0.0161. The number of amides is 1. The molecule has 1 amide bonds. The Labute approximate surface area is 137 Å². The van der Waals surface area contributed by atoms with E-state index < -0.39 is 11.5 Å². The number of para-hydroxylation sites is 1. The number of fused-ring (bicyclic) bond motifs is 1. The largest absolute Gasteiger partial charge is 0.422 e. The van der Waals surface area contributed by atoms with Crippen LogP contribution in [0.25, 0.3) is 11.0 Å². The van der Waals surface area contributed by atoms with Crippen LogP contribution < -0.4 is 10.9 Å². The van der Waals surface area contributed by atoms with Crippen LogP contribution in [-0.2, 0) is 0 Å². The topological polar surface area (TPSA) is 59.3 Å². The highest BCUT2D eigenvalue weighted by Crippen LogP contribution is 2.18. The van der Waals surface area contributed by atoms with E-state index in [0.717, 1.165) is 5.56 Å². The van der Waals surface area contributed by atoms with Gasteiger partial charge in [0.05, 0.1) is 6.04 Å². The summed E-state index contributed by atoms with van der Waals surface area (Å²) in [6.07, 6.45) is 0. The zero-order valence-corrected chi connectivity index (χ0v) is 13.1. The second-order valence-electron chi connectivity index (χ2n) is 5.24. The van der Waals surface area contributed by atoms with E-state index in [1.54, 1.807) is 36.4 Å². The summed E-state index contributed by atoms with van der Waals surface area (Å²) < 4.78 is 5.18. The molecule has 4 nitrogen and oxygen atoms in total. The molecule has 0 aliphatic carbocycles. The predicted molar refractivity (Wildman–Crippen MR) is 89.8 cm³/mol. The smallest absolute Gasteiger partial charge is 0.349 e. The Bertz CT molecular complexity index is 933. The first-order valence-electron chi connectivity index (χ1n) is 7.14. The molecule has 5 heteroatoms. The van der Waals surface area contributed by atoms with E-state index in [1.165, 1.54) is 0 Å². The molecule has 1 N–H and O–H groups in total. The number of halogens is 1. The van der Waals surface area contributed by atoms with E-state index in [2.05, 4.69) is 5.32 Å². The minimum atomic E-state index is -0.653. The second kappa shape index (κ2) is 6.26. The Morgan fingerprint density at radius 3 is 2.70 bits per heavy atom. The van der Waals surface area contributed by atoms with Gasteiger partial charge >= 0.3 is 5.63 Å². The molecule has 0 saturated heterocycles. The summed E-state index contributed by atoms with van der Waals surface area (Å²) in [7, 11) is 0. The predicted octanol–water partition coefficient (Wildman–Crippen LogP) is 3.94. The molecule has 23 heavy (non-hydrogen) atoms. The lowest BCUT2D eigenvalue weighted by molar-refractivity contribution is 0.0936. The average Bonchev–Trinajstić information content (AvgIpc) is 2.54. The summed E-state index contributed by atoms with van der Waals surface area (Å²) in [5.41, 5.74) is 0.644. The first kappa shape index (κ1) is 15.3. The summed E-state index contributed by atoms with van der Waals surface area (Å²) >= 11 is 5.96. The van der Waals surface area contributed by atoms with E-state index in [4.69, 9.17) is 16.0 Å². The van der Waals surface area contributed by atoms with Crippen LogP contribution >= 0.6 is 11.6 Å². The molecule has 0 aliphatic heterocycles. The zero-order chi connectivity index (χ0) is 16.4. The molecule has 1 aromatic heterocycles. The van der Waals surface area contributed by atoms with Crippen LogP contribution in [-0.4, -0.2) is 5.91 Å². The van der Waals surface area contributed by atoms with Gasteiger partial charge in [-0.1, -0.05) is 41.9 Å². The molecule has 0 saturated carbocycles. The number of benzene rings is 2. The molecular weight excluding hydrogens is 314 g/mol. The summed E-state index contributed by atoms with van der Waals surface area (Å²) in [5, 5.41) is 4.08. The fourth-order valence-electron chi connectivity index (χ4n) is 2.35. The minimum Gasteiger partial charge on any atom is -0.422 e. The van der Waals surface area contributed by atoms with Crippen molar-refractivity contribution in [2.24, 2.45) is 0 Å². The summed E-state index contributed by atoms with van der Waals surface area (Å²) in [6, 6.07) is 15.5. The SMILES string of the molecule is CC(NC(=O)c1cc2ccccc2oc1=O)c1cccc(Cl)c1. The van der Waals surface area contributed by atoms with Gasteiger partial charge in [0, 0.05) is 10.4 Å². The van der Waals surface area contributed by atoms with Crippen LogP contribution in [0.15, 0.2) is 63.8 Å². The number of rotatable bonds is 3. The van der Waals surface area contributed by atoms with Crippen LogP contribution in [0.5, 0.6) is 0 Å². The van der Waals surface area contributed by atoms with Crippen LogP contribution in [0.2, 0.25) is 5.02 Å². The molecule has 1 atom stereocenters. The number of carbonyl (C=O) groups is 1. The third kappa shape index (κ3) is 3.27. The lowest BCUT2D eigenvalue weighted by atomic mass is 10.1. The van der Waals surface area contributed by atoms with Crippen LogP contribution in [0.4, 0.5) is 0 Å².